The second kappa shape index (κ2) is 8.82. The quantitative estimate of drug-likeness (QED) is 0.361. The first-order chi connectivity index (χ1) is 13.9. The van der Waals surface area contributed by atoms with Gasteiger partial charge in [0.2, 0.25) is 0 Å². The summed E-state index contributed by atoms with van der Waals surface area (Å²) in [6.07, 6.45) is 0.336. The molecule has 3 rings (SSSR count). The molecule has 0 aliphatic rings. The number of rotatable bonds is 6. The molecule has 0 aromatic heterocycles. The van der Waals surface area contributed by atoms with Crippen LogP contribution in [0.4, 0.5) is 17.1 Å². The van der Waals surface area contributed by atoms with Crippen molar-refractivity contribution in [1.29, 1.82) is 0 Å². The molecule has 0 radical (unpaired) electrons. The van der Waals surface area contributed by atoms with Crippen molar-refractivity contribution >= 4 is 23.0 Å². The van der Waals surface area contributed by atoms with E-state index in [1.807, 2.05) is 37.3 Å². The molecular weight excluding hydrogens is 362 g/mol. The summed E-state index contributed by atoms with van der Waals surface area (Å²) in [7, 11) is 1.68. The van der Waals surface area contributed by atoms with Gasteiger partial charge in [-0.05, 0) is 79.9 Å². The molecule has 0 saturated carbocycles. The Morgan fingerprint density at radius 3 is 2.10 bits per heavy atom. The number of carbonyl (C=O) groups is 1. The van der Waals surface area contributed by atoms with Crippen molar-refractivity contribution < 1.29 is 14.3 Å². The molecule has 0 unspecified atom stereocenters. The van der Waals surface area contributed by atoms with Crippen molar-refractivity contribution in [3.8, 4) is 11.5 Å². The molecule has 0 spiro atoms. The van der Waals surface area contributed by atoms with Crippen LogP contribution in [0, 0.1) is 20.8 Å². The zero-order valence-corrected chi connectivity index (χ0v) is 17.7. The second-order valence-corrected chi connectivity index (χ2v) is 7.08. The highest BCUT2D eigenvalue weighted by molar-refractivity contribution is 5.79. The summed E-state index contributed by atoms with van der Waals surface area (Å²) in [5, 5.41) is 0. The molecule has 3 aromatic carbocycles. The summed E-state index contributed by atoms with van der Waals surface area (Å²) in [6, 6.07) is 20.1. The molecule has 29 heavy (non-hydrogen) atoms. The molecule has 0 N–H and O–H groups in total. The Hall–Kier alpha value is -3.27. The highest BCUT2D eigenvalue weighted by atomic mass is 16.5. The fourth-order valence-electron chi connectivity index (χ4n) is 3.20. The summed E-state index contributed by atoms with van der Waals surface area (Å²) in [5.74, 6) is 1.13. The van der Waals surface area contributed by atoms with E-state index in [-0.39, 0.29) is 5.97 Å². The van der Waals surface area contributed by atoms with E-state index in [0.717, 1.165) is 28.4 Å². The third kappa shape index (κ3) is 4.60. The minimum atomic E-state index is -0.250. The van der Waals surface area contributed by atoms with Gasteiger partial charge in [-0.25, -0.2) is 0 Å². The summed E-state index contributed by atoms with van der Waals surface area (Å²) in [5.41, 5.74) is 6.46. The average molecular weight is 389 g/mol. The highest BCUT2D eigenvalue weighted by Crippen LogP contribution is 2.38. The number of ether oxygens (including phenoxy) is 2. The van der Waals surface area contributed by atoms with Gasteiger partial charge in [0.25, 0.3) is 0 Å². The van der Waals surface area contributed by atoms with Crippen LogP contribution >= 0.6 is 0 Å². The lowest BCUT2D eigenvalue weighted by molar-refractivity contribution is -0.134. The van der Waals surface area contributed by atoms with E-state index in [0.29, 0.717) is 12.2 Å². The molecular formula is C25H27NO3. The van der Waals surface area contributed by atoms with Crippen molar-refractivity contribution in [3.05, 3.63) is 77.4 Å². The van der Waals surface area contributed by atoms with Crippen molar-refractivity contribution in [2.24, 2.45) is 0 Å². The summed E-state index contributed by atoms with van der Waals surface area (Å²) < 4.78 is 10.9. The molecule has 4 heteroatoms. The van der Waals surface area contributed by atoms with Gasteiger partial charge in [-0.2, -0.15) is 0 Å². The molecule has 0 aliphatic heterocycles. The number of carbonyl (C=O) groups excluding carboxylic acids is 1. The molecule has 0 amide bonds. The van der Waals surface area contributed by atoms with Crippen LogP contribution in [0.3, 0.4) is 0 Å². The largest absolute Gasteiger partial charge is 0.496 e. The maximum atomic E-state index is 11.7. The molecule has 0 aliphatic carbocycles. The molecule has 3 aromatic rings. The predicted octanol–water partition coefficient (Wildman–Crippen LogP) is 6.41. The number of methoxy groups -OCH3 is 1. The fraction of sp³-hybridized carbons (Fsp3) is 0.240. The maximum absolute atomic E-state index is 11.7. The van der Waals surface area contributed by atoms with Gasteiger partial charge in [-0.1, -0.05) is 19.1 Å². The van der Waals surface area contributed by atoms with Crippen molar-refractivity contribution in [3.63, 3.8) is 0 Å². The monoisotopic (exact) mass is 389 g/mol. The molecule has 150 valence electrons. The van der Waals surface area contributed by atoms with Crippen molar-refractivity contribution in [2.45, 2.75) is 34.1 Å². The van der Waals surface area contributed by atoms with Crippen LogP contribution in [-0.4, -0.2) is 13.1 Å². The van der Waals surface area contributed by atoms with Gasteiger partial charge < -0.3 is 14.4 Å². The first-order valence-electron chi connectivity index (χ1n) is 9.75. The molecule has 0 saturated heterocycles. The van der Waals surface area contributed by atoms with Gasteiger partial charge in [0.15, 0.2) is 0 Å². The Balaban J connectivity index is 2.13. The van der Waals surface area contributed by atoms with Gasteiger partial charge in [0.1, 0.15) is 11.5 Å². The molecule has 4 nitrogen and oxygen atoms in total. The lowest BCUT2D eigenvalue weighted by Crippen LogP contribution is -2.11. The number of nitrogens with zero attached hydrogens (tertiary/aromatic N) is 1. The Kier molecular flexibility index (Phi) is 6.23. The van der Waals surface area contributed by atoms with Crippen LogP contribution in [0.25, 0.3) is 0 Å². The minimum Gasteiger partial charge on any atom is -0.496 e. The normalized spacial score (nSPS) is 10.5. The van der Waals surface area contributed by atoms with E-state index in [1.54, 1.807) is 20.1 Å². The van der Waals surface area contributed by atoms with Gasteiger partial charge in [0, 0.05) is 29.5 Å². The Morgan fingerprint density at radius 2 is 1.48 bits per heavy atom. The van der Waals surface area contributed by atoms with E-state index in [9.17, 15) is 4.79 Å². The molecule has 0 bridgehead atoms. The SMILES string of the molecule is CCC(=O)Oc1cccc(N(c2ccc(C)c(C)c2)c2ccc(OC)c(C)c2)c1. The van der Waals surface area contributed by atoms with Crippen molar-refractivity contribution in [1.82, 2.24) is 0 Å². The van der Waals surface area contributed by atoms with E-state index in [2.05, 4.69) is 43.0 Å². The number of benzene rings is 3. The molecule has 0 heterocycles. The van der Waals surface area contributed by atoms with Gasteiger partial charge in [-0.15, -0.1) is 0 Å². The average Bonchev–Trinajstić information content (AvgIpc) is 2.71. The third-order valence-corrected chi connectivity index (χ3v) is 4.98. The van der Waals surface area contributed by atoms with Crippen LogP contribution < -0.4 is 14.4 Å². The van der Waals surface area contributed by atoms with Crippen LogP contribution in [0.2, 0.25) is 0 Å². The summed E-state index contributed by atoms with van der Waals surface area (Å²) in [4.78, 5) is 13.9. The first-order valence-corrected chi connectivity index (χ1v) is 9.75. The standard InChI is InChI=1S/C25H27NO3/c1-6-25(27)29-23-9-7-8-20(16-23)26(21-11-10-17(2)18(3)14-21)22-12-13-24(28-5)19(4)15-22/h7-16H,6H2,1-5H3. The summed E-state index contributed by atoms with van der Waals surface area (Å²) in [6.45, 7) is 8.02. The third-order valence-electron chi connectivity index (χ3n) is 4.98. The number of anilines is 3. The van der Waals surface area contributed by atoms with E-state index < -0.39 is 0 Å². The number of hydrogen-bond acceptors (Lipinski definition) is 4. The van der Waals surface area contributed by atoms with Gasteiger partial charge in [0.05, 0.1) is 7.11 Å². The zero-order valence-electron chi connectivity index (χ0n) is 17.7. The van der Waals surface area contributed by atoms with Gasteiger partial charge in [-0.3, -0.25) is 4.79 Å². The first kappa shape index (κ1) is 20.5. The Morgan fingerprint density at radius 1 is 0.828 bits per heavy atom. The van der Waals surface area contributed by atoms with Crippen LogP contribution in [0.15, 0.2) is 60.7 Å². The highest BCUT2D eigenvalue weighted by Gasteiger charge is 2.16. The Bertz CT molecular complexity index is 1030. The van der Waals surface area contributed by atoms with Crippen molar-refractivity contribution in [2.75, 3.05) is 12.0 Å². The molecule has 0 atom stereocenters. The topological polar surface area (TPSA) is 38.8 Å². The Labute approximate surface area is 172 Å². The minimum absolute atomic E-state index is 0.250. The number of esters is 1. The van der Waals surface area contributed by atoms with Crippen LogP contribution in [-0.2, 0) is 4.79 Å². The molecule has 0 fully saturated rings. The predicted molar refractivity (Wildman–Crippen MR) is 118 cm³/mol. The number of hydrogen-bond donors (Lipinski definition) is 0. The summed E-state index contributed by atoms with van der Waals surface area (Å²) >= 11 is 0. The smallest absolute Gasteiger partial charge is 0.310 e. The van der Waals surface area contributed by atoms with E-state index >= 15 is 0 Å². The maximum Gasteiger partial charge on any atom is 0.310 e. The van der Waals surface area contributed by atoms with Crippen LogP contribution in [0.1, 0.15) is 30.0 Å². The van der Waals surface area contributed by atoms with Crippen LogP contribution in [0.5, 0.6) is 11.5 Å². The lowest BCUT2D eigenvalue weighted by Gasteiger charge is -2.27. The second-order valence-electron chi connectivity index (χ2n) is 7.08. The lowest BCUT2D eigenvalue weighted by atomic mass is 10.1. The number of aryl methyl sites for hydroxylation is 3. The van der Waals surface area contributed by atoms with Gasteiger partial charge >= 0.3 is 5.97 Å². The van der Waals surface area contributed by atoms with E-state index in [1.165, 1.54) is 11.1 Å². The fourth-order valence-corrected chi connectivity index (χ4v) is 3.20. The van der Waals surface area contributed by atoms with E-state index in [4.69, 9.17) is 9.47 Å². The zero-order chi connectivity index (χ0) is 21.0.